The zero-order valence-electron chi connectivity index (χ0n) is 11.9. The number of nitrogens with one attached hydrogen (secondary N) is 1. The third-order valence-corrected chi connectivity index (χ3v) is 4.24. The van der Waals surface area contributed by atoms with Crippen LogP contribution in [0.4, 0.5) is 0 Å². The van der Waals surface area contributed by atoms with Gasteiger partial charge >= 0.3 is 0 Å². The summed E-state index contributed by atoms with van der Waals surface area (Å²) in [4.78, 5) is 0. The zero-order chi connectivity index (χ0) is 13.9. The lowest BCUT2D eigenvalue weighted by molar-refractivity contribution is 0.449. The Bertz CT molecular complexity index is 606. The van der Waals surface area contributed by atoms with Crippen molar-refractivity contribution in [3.63, 3.8) is 0 Å². The highest BCUT2D eigenvalue weighted by Gasteiger charge is 2.19. The predicted molar refractivity (Wildman–Crippen MR) is 81.8 cm³/mol. The maximum atomic E-state index is 9.60. The van der Waals surface area contributed by atoms with Crippen LogP contribution in [0.25, 0.3) is 0 Å². The topological polar surface area (TPSA) is 32.3 Å². The SMILES string of the molecule is Cc1ccccc1CNC1CCCc2cc(O)ccc21. The molecule has 3 rings (SSSR count). The van der Waals surface area contributed by atoms with Crippen LogP contribution < -0.4 is 5.32 Å². The minimum atomic E-state index is 0.378. The van der Waals surface area contributed by atoms with Crippen molar-refractivity contribution in [3.05, 3.63) is 64.7 Å². The van der Waals surface area contributed by atoms with Crippen molar-refractivity contribution in [1.29, 1.82) is 0 Å². The van der Waals surface area contributed by atoms with Gasteiger partial charge in [0.05, 0.1) is 0 Å². The van der Waals surface area contributed by atoms with E-state index in [0.29, 0.717) is 11.8 Å². The number of aromatic hydroxyl groups is 1. The van der Waals surface area contributed by atoms with Gasteiger partial charge in [-0.1, -0.05) is 30.3 Å². The number of hydrogen-bond donors (Lipinski definition) is 2. The fraction of sp³-hybridized carbons (Fsp3) is 0.333. The summed E-state index contributed by atoms with van der Waals surface area (Å²) in [6, 6.07) is 14.7. The van der Waals surface area contributed by atoms with Crippen LogP contribution in [0.5, 0.6) is 5.75 Å². The van der Waals surface area contributed by atoms with Gasteiger partial charge in [0.2, 0.25) is 0 Å². The molecule has 2 aromatic rings. The fourth-order valence-corrected chi connectivity index (χ4v) is 3.05. The Morgan fingerprint density at radius 3 is 2.90 bits per heavy atom. The van der Waals surface area contributed by atoms with Gasteiger partial charge in [0.15, 0.2) is 0 Å². The van der Waals surface area contributed by atoms with Crippen LogP contribution in [0.1, 0.15) is 41.1 Å². The Morgan fingerprint density at radius 1 is 1.20 bits per heavy atom. The van der Waals surface area contributed by atoms with Crippen LogP contribution in [0, 0.1) is 6.92 Å². The number of aryl methyl sites for hydroxylation is 2. The van der Waals surface area contributed by atoms with Crippen molar-refractivity contribution in [3.8, 4) is 5.75 Å². The first-order valence-electron chi connectivity index (χ1n) is 7.34. The fourth-order valence-electron chi connectivity index (χ4n) is 3.05. The number of benzene rings is 2. The van der Waals surface area contributed by atoms with Gasteiger partial charge in [-0.25, -0.2) is 0 Å². The molecule has 2 heteroatoms. The van der Waals surface area contributed by atoms with Crippen LogP contribution in [-0.2, 0) is 13.0 Å². The molecule has 1 unspecified atom stereocenters. The van der Waals surface area contributed by atoms with Gasteiger partial charge in [0, 0.05) is 12.6 Å². The van der Waals surface area contributed by atoms with Crippen molar-refractivity contribution >= 4 is 0 Å². The lowest BCUT2D eigenvalue weighted by atomic mass is 9.87. The summed E-state index contributed by atoms with van der Waals surface area (Å²) in [5.74, 6) is 0.378. The molecule has 0 fully saturated rings. The Labute approximate surface area is 120 Å². The number of fused-ring (bicyclic) bond motifs is 1. The first kappa shape index (κ1) is 13.2. The Hall–Kier alpha value is -1.80. The zero-order valence-corrected chi connectivity index (χ0v) is 11.9. The van der Waals surface area contributed by atoms with Crippen molar-refractivity contribution < 1.29 is 5.11 Å². The lowest BCUT2D eigenvalue weighted by Crippen LogP contribution is -2.25. The van der Waals surface area contributed by atoms with E-state index in [1.54, 1.807) is 6.07 Å². The number of rotatable bonds is 3. The summed E-state index contributed by atoms with van der Waals surface area (Å²) >= 11 is 0. The molecular weight excluding hydrogens is 246 g/mol. The number of phenolic OH excluding ortho intramolecular Hbond substituents is 1. The van der Waals surface area contributed by atoms with Gasteiger partial charge in [-0.2, -0.15) is 0 Å². The van der Waals surface area contributed by atoms with E-state index in [4.69, 9.17) is 0 Å². The molecule has 0 spiro atoms. The van der Waals surface area contributed by atoms with Crippen molar-refractivity contribution in [2.45, 2.75) is 38.8 Å². The third-order valence-electron chi connectivity index (χ3n) is 4.24. The van der Waals surface area contributed by atoms with Crippen molar-refractivity contribution in [2.75, 3.05) is 0 Å². The molecule has 0 saturated carbocycles. The van der Waals surface area contributed by atoms with Gasteiger partial charge in [-0.3, -0.25) is 0 Å². The highest BCUT2D eigenvalue weighted by atomic mass is 16.3. The summed E-state index contributed by atoms with van der Waals surface area (Å²) in [6.45, 7) is 3.06. The summed E-state index contributed by atoms with van der Waals surface area (Å²) in [5.41, 5.74) is 5.33. The molecule has 2 nitrogen and oxygen atoms in total. The standard InChI is InChI=1S/C18H21NO/c1-13-5-2-3-6-15(13)12-19-18-8-4-7-14-11-16(20)9-10-17(14)18/h2-3,5-6,9-11,18-20H,4,7-8,12H2,1H3. The maximum absolute atomic E-state index is 9.60. The van der Waals surface area contributed by atoms with Gasteiger partial charge in [-0.05, 0) is 60.6 Å². The predicted octanol–water partition coefficient (Wildman–Crippen LogP) is 3.87. The van der Waals surface area contributed by atoms with Crippen LogP contribution in [0.2, 0.25) is 0 Å². The first-order valence-corrected chi connectivity index (χ1v) is 7.34. The highest BCUT2D eigenvalue weighted by Crippen LogP contribution is 2.32. The van der Waals surface area contributed by atoms with Crippen molar-refractivity contribution in [2.24, 2.45) is 0 Å². The Kier molecular flexibility index (Phi) is 3.75. The molecule has 2 N–H and O–H groups in total. The minimum Gasteiger partial charge on any atom is -0.508 e. The van der Waals surface area contributed by atoms with E-state index in [0.717, 1.165) is 13.0 Å². The largest absolute Gasteiger partial charge is 0.508 e. The summed E-state index contributed by atoms with van der Waals surface area (Å²) in [6.07, 6.45) is 3.43. The molecule has 20 heavy (non-hydrogen) atoms. The van der Waals surface area contributed by atoms with Crippen LogP contribution in [0.15, 0.2) is 42.5 Å². The van der Waals surface area contributed by atoms with Crippen LogP contribution in [0.3, 0.4) is 0 Å². The average Bonchev–Trinajstić information content (AvgIpc) is 2.46. The molecule has 0 radical (unpaired) electrons. The molecule has 1 aliphatic carbocycles. The molecule has 2 aromatic carbocycles. The van der Waals surface area contributed by atoms with E-state index in [1.165, 1.54) is 35.1 Å². The summed E-state index contributed by atoms with van der Waals surface area (Å²) in [7, 11) is 0. The summed E-state index contributed by atoms with van der Waals surface area (Å²) in [5, 5.41) is 13.3. The second-order valence-corrected chi connectivity index (χ2v) is 5.64. The first-order chi connectivity index (χ1) is 9.74. The second-order valence-electron chi connectivity index (χ2n) is 5.64. The monoisotopic (exact) mass is 267 g/mol. The molecule has 0 saturated heterocycles. The molecule has 1 aliphatic rings. The molecule has 0 bridgehead atoms. The van der Waals surface area contributed by atoms with E-state index >= 15 is 0 Å². The lowest BCUT2D eigenvalue weighted by Gasteiger charge is -2.27. The molecule has 0 amide bonds. The quantitative estimate of drug-likeness (QED) is 0.885. The molecule has 1 atom stereocenters. The number of hydrogen-bond acceptors (Lipinski definition) is 2. The number of phenols is 1. The second kappa shape index (κ2) is 5.68. The molecule has 0 aliphatic heterocycles. The minimum absolute atomic E-state index is 0.378. The molecule has 0 heterocycles. The molecule has 104 valence electrons. The van der Waals surface area contributed by atoms with Gasteiger partial charge in [0.1, 0.15) is 5.75 Å². The van der Waals surface area contributed by atoms with Crippen LogP contribution in [-0.4, -0.2) is 5.11 Å². The van der Waals surface area contributed by atoms with Gasteiger partial charge in [-0.15, -0.1) is 0 Å². The van der Waals surface area contributed by atoms with Crippen LogP contribution >= 0.6 is 0 Å². The van der Waals surface area contributed by atoms with E-state index in [-0.39, 0.29) is 0 Å². The Morgan fingerprint density at radius 2 is 2.05 bits per heavy atom. The Balaban J connectivity index is 1.75. The third kappa shape index (κ3) is 2.70. The average molecular weight is 267 g/mol. The molecular formula is C18H21NO. The molecule has 0 aromatic heterocycles. The summed E-state index contributed by atoms with van der Waals surface area (Å²) < 4.78 is 0. The van der Waals surface area contributed by atoms with E-state index < -0.39 is 0 Å². The van der Waals surface area contributed by atoms with E-state index in [9.17, 15) is 5.11 Å². The van der Waals surface area contributed by atoms with E-state index in [1.807, 2.05) is 6.07 Å². The highest BCUT2D eigenvalue weighted by molar-refractivity contribution is 5.38. The smallest absolute Gasteiger partial charge is 0.115 e. The van der Waals surface area contributed by atoms with Gasteiger partial charge in [0.25, 0.3) is 0 Å². The van der Waals surface area contributed by atoms with Crippen molar-refractivity contribution in [1.82, 2.24) is 5.32 Å². The van der Waals surface area contributed by atoms with E-state index in [2.05, 4.69) is 42.6 Å². The normalized spacial score (nSPS) is 17.8. The van der Waals surface area contributed by atoms with Gasteiger partial charge < -0.3 is 10.4 Å². The maximum Gasteiger partial charge on any atom is 0.115 e.